The molecular weight excluding hydrogens is 454 g/mol. The Hall–Kier alpha value is -3.12. The molecule has 2 amide bonds. The molecule has 0 bridgehead atoms. The number of rotatable bonds is 5. The number of piperidine rings is 1. The summed E-state index contributed by atoms with van der Waals surface area (Å²) in [4.78, 5) is 27.2. The van der Waals surface area contributed by atoms with Crippen LogP contribution < -0.4 is 10.6 Å². The lowest BCUT2D eigenvalue weighted by atomic mass is 9.95. The van der Waals surface area contributed by atoms with Crippen molar-refractivity contribution in [3.8, 4) is 0 Å². The monoisotopic (exact) mass is 477 g/mol. The van der Waals surface area contributed by atoms with E-state index in [2.05, 4.69) is 26.6 Å². The summed E-state index contributed by atoms with van der Waals surface area (Å²) < 4.78 is 0.948. The van der Waals surface area contributed by atoms with E-state index in [-0.39, 0.29) is 17.7 Å². The molecular formula is C25H24BrN3O2. The Labute approximate surface area is 190 Å². The number of amides is 2. The van der Waals surface area contributed by atoms with Gasteiger partial charge >= 0.3 is 0 Å². The molecule has 0 radical (unpaired) electrons. The first-order valence-corrected chi connectivity index (χ1v) is 11.2. The fourth-order valence-electron chi connectivity index (χ4n) is 3.69. The molecule has 5 nitrogen and oxygen atoms in total. The van der Waals surface area contributed by atoms with Gasteiger partial charge in [-0.1, -0.05) is 34.1 Å². The van der Waals surface area contributed by atoms with Crippen molar-refractivity contribution >= 4 is 44.8 Å². The van der Waals surface area contributed by atoms with Gasteiger partial charge in [-0.2, -0.15) is 0 Å². The minimum absolute atomic E-state index is 0.0134. The van der Waals surface area contributed by atoms with Crippen molar-refractivity contribution in [3.63, 3.8) is 0 Å². The lowest BCUT2D eigenvalue weighted by molar-refractivity contribution is -0.121. The van der Waals surface area contributed by atoms with Crippen LogP contribution in [0.2, 0.25) is 0 Å². The molecule has 1 aliphatic heterocycles. The summed E-state index contributed by atoms with van der Waals surface area (Å²) in [5, 5.41) is 6.34. The van der Waals surface area contributed by atoms with Gasteiger partial charge in [0.25, 0.3) is 5.91 Å². The zero-order chi connectivity index (χ0) is 21.6. The molecule has 1 heterocycles. The van der Waals surface area contributed by atoms with E-state index >= 15 is 0 Å². The van der Waals surface area contributed by atoms with Crippen LogP contribution in [0.3, 0.4) is 0 Å². The number of likely N-dealkylation sites (tertiary alicyclic amines) is 1. The summed E-state index contributed by atoms with van der Waals surface area (Å²) in [6.45, 7) is 1.18. The average molecular weight is 478 g/mol. The van der Waals surface area contributed by atoms with Crippen LogP contribution in [-0.4, -0.2) is 29.8 Å². The van der Waals surface area contributed by atoms with E-state index < -0.39 is 0 Å². The van der Waals surface area contributed by atoms with E-state index in [1.165, 1.54) is 0 Å². The maximum Gasteiger partial charge on any atom is 0.253 e. The minimum atomic E-state index is -0.0870. The fraction of sp³-hybridized carbons (Fsp3) is 0.200. The van der Waals surface area contributed by atoms with Crippen molar-refractivity contribution in [2.75, 3.05) is 23.7 Å². The number of nitrogens with one attached hydrogen (secondary N) is 2. The van der Waals surface area contributed by atoms with E-state index in [9.17, 15) is 9.59 Å². The lowest BCUT2D eigenvalue weighted by Crippen LogP contribution is -2.41. The molecule has 31 heavy (non-hydrogen) atoms. The number of hydrogen-bond donors (Lipinski definition) is 2. The molecule has 2 N–H and O–H groups in total. The Morgan fingerprint density at radius 1 is 0.774 bits per heavy atom. The molecule has 3 aromatic carbocycles. The molecule has 0 atom stereocenters. The van der Waals surface area contributed by atoms with Gasteiger partial charge in [-0.25, -0.2) is 0 Å². The highest BCUT2D eigenvalue weighted by Gasteiger charge is 2.27. The van der Waals surface area contributed by atoms with Crippen LogP contribution in [0.15, 0.2) is 83.3 Å². The third-order valence-electron chi connectivity index (χ3n) is 5.46. The van der Waals surface area contributed by atoms with Gasteiger partial charge in [0.15, 0.2) is 0 Å². The maximum atomic E-state index is 12.7. The molecule has 0 unspecified atom stereocenters. The Bertz CT molecular complexity index is 1030. The standard InChI is InChI=1S/C25H24BrN3O2/c26-20-8-6-19(7-9-20)25(31)29-16-14-18(15-17-29)24(30)28-23-12-10-22(11-13-23)27-21-4-2-1-3-5-21/h1-13,18,27H,14-17H2,(H,28,30). The molecule has 1 aliphatic rings. The first kappa shape index (κ1) is 21.1. The third-order valence-corrected chi connectivity index (χ3v) is 5.99. The molecule has 1 saturated heterocycles. The third kappa shape index (κ3) is 5.52. The van der Waals surface area contributed by atoms with Gasteiger partial charge in [0.1, 0.15) is 0 Å². The van der Waals surface area contributed by atoms with E-state index in [4.69, 9.17) is 0 Å². The van der Waals surface area contributed by atoms with Crippen LogP contribution in [0.4, 0.5) is 17.1 Å². The van der Waals surface area contributed by atoms with Gasteiger partial charge in [-0.15, -0.1) is 0 Å². The molecule has 158 valence electrons. The highest BCUT2D eigenvalue weighted by molar-refractivity contribution is 9.10. The Kier molecular flexibility index (Phi) is 6.67. The van der Waals surface area contributed by atoms with Crippen molar-refractivity contribution in [1.82, 2.24) is 4.90 Å². The molecule has 0 aromatic heterocycles. The number of nitrogens with zero attached hydrogens (tertiary/aromatic N) is 1. The minimum Gasteiger partial charge on any atom is -0.356 e. The van der Waals surface area contributed by atoms with Crippen molar-refractivity contribution in [2.45, 2.75) is 12.8 Å². The van der Waals surface area contributed by atoms with E-state index in [0.717, 1.165) is 21.5 Å². The zero-order valence-electron chi connectivity index (χ0n) is 17.1. The second-order valence-electron chi connectivity index (χ2n) is 7.63. The van der Waals surface area contributed by atoms with Crippen LogP contribution >= 0.6 is 15.9 Å². The highest BCUT2D eigenvalue weighted by atomic mass is 79.9. The summed E-state index contributed by atoms with van der Waals surface area (Å²) in [6, 6.07) is 25.0. The van der Waals surface area contributed by atoms with Crippen LogP contribution in [0.1, 0.15) is 23.2 Å². The van der Waals surface area contributed by atoms with Crippen molar-refractivity contribution in [3.05, 3.63) is 88.9 Å². The van der Waals surface area contributed by atoms with Crippen LogP contribution in [0.25, 0.3) is 0 Å². The molecule has 1 fully saturated rings. The topological polar surface area (TPSA) is 61.4 Å². The number of carbonyl (C=O) groups is 2. The smallest absolute Gasteiger partial charge is 0.253 e. The Morgan fingerprint density at radius 3 is 2.00 bits per heavy atom. The predicted octanol–water partition coefficient (Wildman–Crippen LogP) is 5.68. The summed E-state index contributed by atoms with van der Waals surface area (Å²) in [5.41, 5.74) is 3.43. The molecule has 0 aliphatic carbocycles. The van der Waals surface area contributed by atoms with Crippen LogP contribution in [0.5, 0.6) is 0 Å². The van der Waals surface area contributed by atoms with Gasteiger partial charge in [0, 0.05) is 46.1 Å². The number of para-hydroxylation sites is 1. The highest BCUT2D eigenvalue weighted by Crippen LogP contribution is 2.23. The number of benzene rings is 3. The van der Waals surface area contributed by atoms with E-state index in [0.29, 0.717) is 31.5 Å². The number of hydrogen-bond acceptors (Lipinski definition) is 3. The van der Waals surface area contributed by atoms with Crippen molar-refractivity contribution in [1.29, 1.82) is 0 Å². The van der Waals surface area contributed by atoms with Gasteiger partial charge < -0.3 is 15.5 Å². The lowest BCUT2D eigenvalue weighted by Gasteiger charge is -2.31. The maximum absolute atomic E-state index is 12.7. The van der Waals surface area contributed by atoms with Crippen molar-refractivity contribution < 1.29 is 9.59 Å². The first-order valence-electron chi connectivity index (χ1n) is 10.4. The molecule has 3 aromatic rings. The summed E-state index contributed by atoms with van der Waals surface area (Å²) in [6.07, 6.45) is 1.34. The SMILES string of the molecule is O=C(Nc1ccc(Nc2ccccc2)cc1)C1CCN(C(=O)c2ccc(Br)cc2)CC1. The van der Waals surface area contributed by atoms with Crippen LogP contribution in [0, 0.1) is 5.92 Å². The first-order chi connectivity index (χ1) is 15.1. The van der Waals surface area contributed by atoms with E-state index in [1.54, 1.807) is 0 Å². The van der Waals surface area contributed by atoms with E-state index in [1.807, 2.05) is 83.8 Å². The Balaban J connectivity index is 1.28. The molecule has 0 spiro atoms. The molecule has 4 rings (SSSR count). The summed E-state index contributed by atoms with van der Waals surface area (Å²) in [7, 11) is 0. The second kappa shape index (κ2) is 9.79. The summed E-state index contributed by atoms with van der Waals surface area (Å²) in [5.74, 6) is -0.0524. The summed E-state index contributed by atoms with van der Waals surface area (Å²) >= 11 is 3.39. The average Bonchev–Trinajstić information content (AvgIpc) is 2.81. The predicted molar refractivity (Wildman–Crippen MR) is 128 cm³/mol. The van der Waals surface area contributed by atoms with Crippen molar-refractivity contribution in [2.24, 2.45) is 5.92 Å². The molecule has 6 heteroatoms. The van der Waals surface area contributed by atoms with Gasteiger partial charge in [0.05, 0.1) is 0 Å². The normalized spacial score (nSPS) is 14.2. The van der Waals surface area contributed by atoms with Crippen LogP contribution in [-0.2, 0) is 4.79 Å². The number of carbonyl (C=O) groups excluding carboxylic acids is 2. The van der Waals surface area contributed by atoms with Gasteiger partial charge in [0.2, 0.25) is 5.91 Å². The second-order valence-corrected chi connectivity index (χ2v) is 8.55. The van der Waals surface area contributed by atoms with Gasteiger partial charge in [-0.3, -0.25) is 9.59 Å². The number of halogens is 1. The Morgan fingerprint density at radius 2 is 1.35 bits per heavy atom. The zero-order valence-corrected chi connectivity index (χ0v) is 18.6. The van der Waals surface area contributed by atoms with Gasteiger partial charge in [-0.05, 0) is 73.5 Å². The quantitative estimate of drug-likeness (QED) is 0.496. The fourth-order valence-corrected chi connectivity index (χ4v) is 3.95. The number of anilines is 3. The largest absolute Gasteiger partial charge is 0.356 e. The molecule has 0 saturated carbocycles.